The molecule has 0 atom stereocenters. The quantitative estimate of drug-likeness (QED) is 0.693. The molecule has 0 radical (unpaired) electrons. The fourth-order valence-electron chi connectivity index (χ4n) is 2.25. The van der Waals surface area contributed by atoms with E-state index in [1.165, 1.54) is 11.3 Å². The van der Waals surface area contributed by atoms with Crippen molar-refractivity contribution in [3.05, 3.63) is 55.9 Å². The maximum atomic E-state index is 12.5. The average Bonchev–Trinajstić information content (AvgIpc) is 2.75. The van der Waals surface area contributed by atoms with Gasteiger partial charge in [0.05, 0.1) is 11.1 Å². The third-order valence-corrected chi connectivity index (χ3v) is 4.10. The number of nitrogens with one attached hydrogen (secondary N) is 1. The number of thiophene rings is 1. The van der Waals surface area contributed by atoms with Gasteiger partial charge in [0, 0.05) is 0 Å². The third-order valence-electron chi connectivity index (χ3n) is 2.99. The minimum Gasteiger partial charge on any atom is -0.323 e. The lowest BCUT2D eigenvalue weighted by atomic mass is 10.1. The van der Waals surface area contributed by atoms with Crippen LogP contribution in [-0.4, -0.2) is 9.55 Å². The van der Waals surface area contributed by atoms with Gasteiger partial charge in [0.25, 0.3) is 5.56 Å². The smallest absolute Gasteiger partial charge is 0.267 e. The van der Waals surface area contributed by atoms with Crippen LogP contribution >= 0.6 is 23.6 Å². The summed E-state index contributed by atoms with van der Waals surface area (Å²) in [6.45, 7) is 4.02. The third kappa shape index (κ3) is 2.05. The number of fused-ring (bicyclic) bond motifs is 1. The molecule has 0 aliphatic heterocycles. The summed E-state index contributed by atoms with van der Waals surface area (Å²) in [6, 6.07) is 7.84. The lowest BCUT2D eigenvalue weighted by Gasteiger charge is -2.08. The summed E-state index contributed by atoms with van der Waals surface area (Å²) < 4.78 is 2.00. The maximum Gasteiger partial charge on any atom is 0.267 e. The van der Waals surface area contributed by atoms with Crippen molar-refractivity contribution in [3.63, 3.8) is 0 Å². The monoisotopic (exact) mass is 288 g/mol. The van der Waals surface area contributed by atoms with Gasteiger partial charge in [-0.15, -0.1) is 11.3 Å². The zero-order valence-electron chi connectivity index (χ0n) is 10.6. The standard InChI is InChI=1S/C14H12N2OS2/c1-8-5-9(2)7-10(6-8)16-13(17)11-3-4-19-12(11)15-14(16)18/h3-7H,1-2H3,(H,15,18). The molecule has 2 aromatic heterocycles. The molecule has 0 saturated carbocycles. The Kier molecular flexibility index (Phi) is 2.88. The van der Waals surface area contributed by atoms with Crippen LogP contribution in [0.5, 0.6) is 0 Å². The second-order valence-electron chi connectivity index (χ2n) is 4.58. The zero-order valence-corrected chi connectivity index (χ0v) is 12.2. The normalized spacial score (nSPS) is 11.1. The zero-order chi connectivity index (χ0) is 13.6. The molecule has 0 unspecified atom stereocenters. The van der Waals surface area contributed by atoms with Crippen molar-refractivity contribution in [1.82, 2.24) is 9.55 Å². The second-order valence-corrected chi connectivity index (χ2v) is 5.88. The molecule has 0 bridgehead atoms. The molecule has 0 saturated heterocycles. The Balaban J connectivity index is 2.42. The van der Waals surface area contributed by atoms with E-state index in [9.17, 15) is 4.79 Å². The molecule has 96 valence electrons. The fraction of sp³-hybridized carbons (Fsp3) is 0.143. The molecule has 3 nitrogen and oxygen atoms in total. The van der Waals surface area contributed by atoms with E-state index in [-0.39, 0.29) is 5.56 Å². The van der Waals surface area contributed by atoms with Gasteiger partial charge in [0.2, 0.25) is 0 Å². The second kappa shape index (κ2) is 4.43. The summed E-state index contributed by atoms with van der Waals surface area (Å²) in [7, 11) is 0. The van der Waals surface area contributed by atoms with Gasteiger partial charge in [-0.3, -0.25) is 9.36 Å². The molecule has 3 aromatic rings. The first-order valence-corrected chi connectivity index (χ1v) is 7.16. The number of benzene rings is 1. The van der Waals surface area contributed by atoms with E-state index in [0.29, 0.717) is 10.2 Å². The molecule has 19 heavy (non-hydrogen) atoms. The minimum atomic E-state index is -0.0648. The average molecular weight is 288 g/mol. The molecule has 1 aromatic carbocycles. The van der Waals surface area contributed by atoms with Crippen LogP contribution in [0.15, 0.2) is 34.4 Å². The Bertz CT molecular complexity index is 866. The van der Waals surface area contributed by atoms with Crippen LogP contribution in [0.2, 0.25) is 0 Å². The Morgan fingerprint density at radius 2 is 1.89 bits per heavy atom. The van der Waals surface area contributed by atoms with Crippen molar-refractivity contribution < 1.29 is 0 Å². The van der Waals surface area contributed by atoms with Gasteiger partial charge in [-0.05, 0) is 60.8 Å². The molecule has 3 rings (SSSR count). The SMILES string of the molecule is Cc1cc(C)cc(-n2c(=S)[nH]c3sccc3c2=O)c1. The van der Waals surface area contributed by atoms with Crippen LogP contribution in [-0.2, 0) is 0 Å². The van der Waals surface area contributed by atoms with E-state index >= 15 is 0 Å². The van der Waals surface area contributed by atoms with Crippen molar-refractivity contribution in [2.45, 2.75) is 13.8 Å². The van der Waals surface area contributed by atoms with E-state index in [1.807, 2.05) is 37.4 Å². The lowest BCUT2D eigenvalue weighted by Crippen LogP contribution is -2.19. The number of aryl methyl sites for hydroxylation is 2. The summed E-state index contributed by atoms with van der Waals surface area (Å²) in [4.78, 5) is 16.5. The highest BCUT2D eigenvalue weighted by atomic mass is 32.1. The highest BCUT2D eigenvalue weighted by molar-refractivity contribution is 7.71. The molecule has 0 aliphatic carbocycles. The number of aromatic amines is 1. The van der Waals surface area contributed by atoms with E-state index in [0.717, 1.165) is 21.6 Å². The largest absolute Gasteiger partial charge is 0.323 e. The Morgan fingerprint density at radius 1 is 1.21 bits per heavy atom. The molecular weight excluding hydrogens is 276 g/mol. The van der Waals surface area contributed by atoms with Gasteiger partial charge in [0.1, 0.15) is 4.83 Å². The van der Waals surface area contributed by atoms with E-state index in [4.69, 9.17) is 12.2 Å². The van der Waals surface area contributed by atoms with Crippen LogP contribution in [0.4, 0.5) is 0 Å². The highest BCUT2D eigenvalue weighted by Crippen LogP contribution is 2.17. The van der Waals surface area contributed by atoms with Gasteiger partial charge in [-0.25, -0.2) is 0 Å². The Hall–Kier alpha value is -1.72. The van der Waals surface area contributed by atoms with Crippen LogP contribution in [0, 0.1) is 18.6 Å². The van der Waals surface area contributed by atoms with Crippen molar-refractivity contribution in [3.8, 4) is 5.69 Å². The molecule has 1 N–H and O–H groups in total. The number of H-pyrrole nitrogens is 1. The summed E-state index contributed by atoms with van der Waals surface area (Å²) in [5.74, 6) is 0. The first-order valence-electron chi connectivity index (χ1n) is 5.87. The number of rotatable bonds is 1. The molecule has 0 amide bonds. The summed E-state index contributed by atoms with van der Waals surface area (Å²) in [6.07, 6.45) is 0. The van der Waals surface area contributed by atoms with Gasteiger partial charge in [-0.1, -0.05) is 6.07 Å². The number of hydrogen-bond acceptors (Lipinski definition) is 3. The first kappa shape index (κ1) is 12.3. The van der Waals surface area contributed by atoms with E-state index in [2.05, 4.69) is 11.1 Å². The van der Waals surface area contributed by atoms with Gasteiger partial charge < -0.3 is 4.98 Å². The van der Waals surface area contributed by atoms with E-state index in [1.54, 1.807) is 4.57 Å². The van der Waals surface area contributed by atoms with Crippen molar-refractivity contribution in [2.24, 2.45) is 0 Å². The fourth-order valence-corrected chi connectivity index (χ4v) is 3.39. The lowest BCUT2D eigenvalue weighted by molar-refractivity contribution is 0.939. The predicted molar refractivity (Wildman–Crippen MR) is 82.1 cm³/mol. The summed E-state index contributed by atoms with van der Waals surface area (Å²) in [5.41, 5.74) is 2.98. The minimum absolute atomic E-state index is 0.0648. The Labute approximate surface area is 119 Å². The maximum absolute atomic E-state index is 12.5. The van der Waals surface area contributed by atoms with Gasteiger partial charge in [0.15, 0.2) is 4.77 Å². The van der Waals surface area contributed by atoms with Gasteiger partial charge >= 0.3 is 0 Å². The number of aromatic nitrogens is 2. The highest BCUT2D eigenvalue weighted by Gasteiger charge is 2.08. The summed E-state index contributed by atoms with van der Waals surface area (Å²) >= 11 is 6.81. The van der Waals surface area contributed by atoms with Crippen LogP contribution in [0.1, 0.15) is 11.1 Å². The molecule has 2 heterocycles. The van der Waals surface area contributed by atoms with Crippen LogP contribution < -0.4 is 5.56 Å². The molecular formula is C14H12N2OS2. The number of hydrogen-bond donors (Lipinski definition) is 1. The molecule has 5 heteroatoms. The van der Waals surface area contributed by atoms with Crippen LogP contribution in [0.25, 0.3) is 15.9 Å². The van der Waals surface area contributed by atoms with E-state index < -0.39 is 0 Å². The van der Waals surface area contributed by atoms with Gasteiger partial charge in [-0.2, -0.15) is 0 Å². The number of nitrogens with zero attached hydrogens (tertiary/aromatic N) is 1. The predicted octanol–water partition coefficient (Wildman–Crippen LogP) is 3.73. The molecule has 0 spiro atoms. The topological polar surface area (TPSA) is 37.8 Å². The van der Waals surface area contributed by atoms with Crippen molar-refractivity contribution in [2.75, 3.05) is 0 Å². The first-order chi connectivity index (χ1) is 9.06. The molecule has 0 fully saturated rings. The Morgan fingerprint density at radius 3 is 2.58 bits per heavy atom. The van der Waals surface area contributed by atoms with Crippen molar-refractivity contribution >= 4 is 33.8 Å². The molecule has 0 aliphatic rings. The summed E-state index contributed by atoms with van der Waals surface area (Å²) in [5, 5.41) is 2.57. The van der Waals surface area contributed by atoms with Crippen LogP contribution in [0.3, 0.4) is 0 Å². The van der Waals surface area contributed by atoms with Crippen molar-refractivity contribution in [1.29, 1.82) is 0 Å².